The fourth-order valence-corrected chi connectivity index (χ4v) is 10.6. The van der Waals surface area contributed by atoms with Crippen LogP contribution < -0.4 is 15.4 Å². The molecule has 11 heteroatoms. The Kier molecular flexibility index (Phi) is 8.48. The highest BCUT2D eigenvalue weighted by Crippen LogP contribution is 2.68. The minimum atomic E-state index is -0.961. The Balaban J connectivity index is 1.39. The summed E-state index contributed by atoms with van der Waals surface area (Å²) in [6.07, 6.45) is 0.510. The number of aliphatic hydroxyl groups excluding tert-OH is 1. The molecule has 0 aliphatic carbocycles. The van der Waals surface area contributed by atoms with E-state index < -0.39 is 34.6 Å². The molecule has 3 fully saturated rings. The molecule has 224 valence electrons. The zero-order valence-electron chi connectivity index (χ0n) is 23.3. The molecule has 1 spiro atoms. The monoisotopic (exact) mass is 683 g/mol. The van der Waals surface area contributed by atoms with Gasteiger partial charge in [-0.3, -0.25) is 14.4 Å². The van der Waals surface area contributed by atoms with Gasteiger partial charge in [-0.15, -0.1) is 11.8 Å². The Labute approximate surface area is 267 Å². The summed E-state index contributed by atoms with van der Waals surface area (Å²) in [5.74, 6) is -1.77. The first-order valence-electron chi connectivity index (χ1n) is 14.2. The number of hydrogen-bond donors (Lipinski definition) is 3. The van der Waals surface area contributed by atoms with Crippen molar-refractivity contribution in [1.82, 2.24) is 4.90 Å². The summed E-state index contributed by atoms with van der Waals surface area (Å²) in [4.78, 5) is 44.2. The molecule has 3 aromatic carbocycles. The Morgan fingerprint density at radius 1 is 1.07 bits per heavy atom. The molecular weight excluding hydrogens is 654 g/mol. The van der Waals surface area contributed by atoms with Crippen LogP contribution in [0.4, 0.5) is 11.4 Å². The maximum absolute atomic E-state index is 14.6. The number of carbonyl (C=O) groups is 3. The lowest BCUT2D eigenvalue weighted by Crippen LogP contribution is -2.53. The van der Waals surface area contributed by atoms with Crippen molar-refractivity contribution < 1.29 is 24.2 Å². The number of hydrogen-bond acceptors (Lipinski definition) is 6. The van der Waals surface area contributed by atoms with E-state index in [-0.39, 0.29) is 28.5 Å². The van der Waals surface area contributed by atoms with Crippen molar-refractivity contribution in [1.29, 1.82) is 0 Å². The molecule has 6 rings (SSSR count). The maximum Gasteiger partial charge on any atom is 0.248 e. The second-order valence-corrected chi connectivity index (χ2v) is 14.1. The Bertz CT molecular complexity index is 1530. The fourth-order valence-electron chi connectivity index (χ4n) is 6.82. The molecule has 3 aliphatic heterocycles. The molecule has 3 N–H and O–H groups in total. The Morgan fingerprint density at radius 2 is 1.77 bits per heavy atom. The largest absolute Gasteiger partial charge is 0.494 e. The molecule has 2 bridgehead atoms. The number of amides is 3. The smallest absolute Gasteiger partial charge is 0.248 e. The van der Waals surface area contributed by atoms with Crippen LogP contribution in [0.5, 0.6) is 5.75 Å². The van der Waals surface area contributed by atoms with Crippen molar-refractivity contribution in [2.24, 2.45) is 11.8 Å². The van der Waals surface area contributed by atoms with E-state index >= 15 is 0 Å². The van der Waals surface area contributed by atoms with Gasteiger partial charge in [0, 0.05) is 15.8 Å². The van der Waals surface area contributed by atoms with Crippen LogP contribution in [-0.2, 0) is 14.4 Å². The molecule has 7 atom stereocenters. The molecule has 3 aliphatic rings. The van der Waals surface area contributed by atoms with Crippen LogP contribution in [0.1, 0.15) is 24.9 Å². The van der Waals surface area contributed by atoms with Gasteiger partial charge in [-0.05, 0) is 55.3 Å². The quantitative estimate of drug-likeness (QED) is 0.257. The van der Waals surface area contributed by atoms with Crippen molar-refractivity contribution in [3.05, 3.63) is 89.4 Å². The lowest BCUT2D eigenvalue weighted by atomic mass is 9.70. The minimum Gasteiger partial charge on any atom is -0.494 e. The van der Waals surface area contributed by atoms with E-state index in [1.54, 1.807) is 48.5 Å². The normalized spacial score (nSPS) is 28.0. The number of alkyl halides is 1. The third kappa shape index (κ3) is 5.22. The SMILES string of the molecule is CCOc1ccc(NC(=O)[C@H]2[C@H]3C(=O)N([C@H](CO)c4ccccc4)C(C(=O)Nc4ccccc4Cl)C34CC(Br)[C@@H]2S4)cc1. The van der Waals surface area contributed by atoms with Crippen molar-refractivity contribution in [3.63, 3.8) is 0 Å². The number of benzene rings is 3. The van der Waals surface area contributed by atoms with E-state index in [0.717, 1.165) is 0 Å². The molecule has 3 aromatic rings. The second-order valence-electron chi connectivity index (χ2n) is 10.9. The highest BCUT2D eigenvalue weighted by Gasteiger charge is 2.76. The molecule has 3 unspecified atom stereocenters. The average Bonchev–Trinajstić information content (AvgIpc) is 3.60. The van der Waals surface area contributed by atoms with Crippen LogP contribution in [0.15, 0.2) is 78.9 Å². The molecule has 8 nitrogen and oxygen atoms in total. The predicted molar refractivity (Wildman–Crippen MR) is 172 cm³/mol. The summed E-state index contributed by atoms with van der Waals surface area (Å²) in [5.41, 5.74) is 1.73. The number of carbonyl (C=O) groups excluding carboxylic acids is 3. The number of anilines is 2. The third-order valence-electron chi connectivity index (χ3n) is 8.54. The number of aliphatic hydroxyl groups is 1. The average molecular weight is 685 g/mol. The van der Waals surface area contributed by atoms with E-state index in [1.165, 1.54) is 16.7 Å². The summed E-state index contributed by atoms with van der Waals surface area (Å²) in [7, 11) is 0. The van der Waals surface area contributed by atoms with Gasteiger partial charge < -0.3 is 25.4 Å². The number of rotatable bonds is 9. The number of para-hydroxylation sites is 1. The minimum absolute atomic E-state index is 0.0995. The molecule has 3 saturated heterocycles. The maximum atomic E-state index is 14.6. The Hall–Kier alpha value is -3.05. The van der Waals surface area contributed by atoms with Crippen LogP contribution in [0.2, 0.25) is 5.02 Å². The van der Waals surface area contributed by atoms with E-state index in [4.69, 9.17) is 16.3 Å². The zero-order valence-corrected chi connectivity index (χ0v) is 26.4. The van der Waals surface area contributed by atoms with Crippen molar-refractivity contribution >= 4 is 68.4 Å². The summed E-state index contributed by atoms with van der Waals surface area (Å²) in [6.45, 7) is 2.05. The first-order valence-corrected chi connectivity index (χ1v) is 16.4. The zero-order chi connectivity index (χ0) is 30.3. The van der Waals surface area contributed by atoms with Gasteiger partial charge in [0.15, 0.2) is 0 Å². The molecule has 43 heavy (non-hydrogen) atoms. The summed E-state index contributed by atoms with van der Waals surface area (Å²) < 4.78 is 4.62. The van der Waals surface area contributed by atoms with Crippen molar-refractivity contribution in [3.8, 4) is 5.75 Å². The van der Waals surface area contributed by atoms with Crippen LogP contribution in [0, 0.1) is 11.8 Å². The Morgan fingerprint density at radius 3 is 2.44 bits per heavy atom. The van der Waals surface area contributed by atoms with Gasteiger partial charge in [0.05, 0.1) is 46.5 Å². The van der Waals surface area contributed by atoms with Gasteiger partial charge in [-0.2, -0.15) is 0 Å². The van der Waals surface area contributed by atoms with Gasteiger partial charge in [0.1, 0.15) is 11.8 Å². The molecule has 0 radical (unpaired) electrons. The first kappa shape index (κ1) is 30.0. The van der Waals surface area contributed by atoms with Crippen LogP contribution in [0.25, 0.3) is 0 Å². The van der Waals surface area contributed by atoms with Gasteiger partial charge in [0.2, 0.25) is 17.7 Å². The van der Waals surface area contributed by atoms with Crippen molar-refractivity contribution in [2.75, 3.05) is 23.8 Å². The van der Waals surface area contributed by atoms with Crippen LogP contribution in [-0.4, -0.2) is 61.8 Å². The second kappa shape index (κ2) is 12.1. The summed E-state index contributed by atoms with van der Waals surface area (Å²) in [5, 5.41) is 16.8. The molecule has 3 heterocycles. The van der Waals surface area contributed by atoms with Gasteiger partial charge in [0.25, 0.3) is 0 Å². The lowest BCUT2D eigenvalue weighted by Gasteiger charge is -2.37. The predicted octanol–water partition coefficient (Wildman–Crippen LogP) is 5.51. The van der Waals surface area contributed by atoms with E-state index in [1.807, 2.05) is 37.3 Å². The summed E-state index contributed by atoms with van der Waals surface area (Å²) >= 11 is 11.7. The third-order valence-corrected chi connectivity index (χ3v) is 12.1. The van der Waals surface area contributed by atoms with Gasteiger partial charge >= 0.3 is 0 Å². The van der Waals surface area contributed by atoms with E-state index in [2.05, 4.69) is 26.6 Å². The number of fused-ring (bicyclic) bond motifs is 1. The van der Waals surface area contributed by atoms with E-state index in [0.29, 0.717) is 40.7 Å². The fraction of sp³-hybridized carbons (Fsp3) is 0.344. The highest BCUT2D eigenvalue weighted by atomic mass is 79.9. The van der Waals surface area contributed by atoms with Gasteiger partial charge in [-0.25, -0.2) is 0 Å². The highest BCUT2D eigenvalue weighted by molar-refractivity contribution is 9.09. The number of likely N-dealkylation sites (tertiary alicyclic amines) is 1. The molecule has 3 amide bonds. The van der Waals surface area contributed by atoms with Crippen LogP contribution in [0.3, 0.4) is 0 Å². The van der Waals surface area contributed by atoms with Crippen molar-refractivity contribution in [2.45, 2.75) is 40.3 Å². The number of halogens is 2. The number of ether oxygens (including phenoxy) is 1. The standard InChI is InChI=1S/C32H31BrClN3O5S/c1-2-42-20-14-12-19(13-15-20)35-29(39)25-26-31(41)37(24(17-38)18-8-4-3-5-9-18)28(32(26)16-21(33)27(25)43-32)30(40)36-23-11-7-6-10-22(23)34/h3-15,21,24-28,38H,2,16-17H2,1H3,(H,35,39)(H,36,40)/t21?,24-,25+,26+,27+,28?,32?/m1/s1. The number of nitrogens with zero attached hydrogens (tertiary/aromatic N) is 1. The number of thioether (sulfide) groups is 1. The van der Waals surface area contributed by atoms with Crippen LogP contribution >= 0.6 is 39.3 Å². The number of nitrogens with one attached hydrogen (secondary N) is 2. The summed E-state index contributed by atoms with van der Waals surface area (Å²) in [6, 6.07) is 21.5. The van der Waals surface area contributed by atoms with E-state index in [9.17, 15) is 19.5 Å². The molecule has 0 saturated carbocycles. The van der Waals surface area contributed by atoms with Gasteiger partial charge in [-0.1, -0.05) is 70.0 Å². The first-order chi connectivity index (χ1) is 20.8. The topological polar surface area (TPSA) is 108 Å². The molecule has 0 aromatic heterocycles. The molecular formula is C32H31BrClN3O5S. The lowest BCUT2D eigenvalue weighted by molar-refractivity contribution is -0.141.